The molecule has 0 saturated heterocycles. The molecule has 0 spiro atoms. The molecule has 0 bridgehead atoms. The molecule has 1 aliphatic carbocycles. The number of nitrogens with two attached hydrogens (primary N) is 1. The topological polar surface area (TPSA) is 29.3 Å². The van der Waals surface area contributed by atoms with Crippen LogP contribution in [0, 0.1) is 5.92 Å². The lowest BCUT2D eigenvalue weighted by molar-refractivity contribution is 0.120. The summed E-state index contributed by atoms with van der Waals surface area (Å²) in [6.45, 7) is 4.15. The van der Waals surface area contributed by atoms with Gasteiger partial charge in [0.05, 0.1) is 0 Å². The highest BCUT2D eigenvalue weighted by Crippen LogP contribution is 2.40. The van der Waals surface area contributed by atoms with Crippen molar-refractivity contribution in [1.82, 2.24) is 4.90 Å². The number of hydrogen-bond acceptors (Lipinski definition) is 3. The summed E-state index contributed by atoms with van der Waals surface area (Å²) in [5, 5.41) is 2.15. The zero-order valence-electron chi connectivity index (χ0n) is 11.0. The molecule has 0 radical (unpaired) electrons. The number of likely N-dealkylation sites (N-methyl/N-ethyl adjacent to an activating group) is 1. The largest absolute Gasteiger partial charge is 0.329 e. The van der Waals surface area contributed by atoms with Gasteiger partial charge in [0, 0.05) is 23.5 Å². The van der Waals surface area contributed by atoms with Crippen molar-refractivity contribution >= 4 is 11.3 Å². The van der Waals surface area contributed by atoms with E-state index in [-0.39, 0.29) is 5.54 Å². The van der Waals surface area contributed by atoms with Crippen molar-refractivity contribution in [2.24, 2.45) is 11.7 Å². The van der Waals surface area contributed by atoms with Crippen LogP contribution in [0.25, 0.3) is 0 Å². The average Bonchev–Trinajstić information content (AvgIpc) is 2.97. The maximum Gasteiger partial charge on any atom is 0.0335 e. The Morgan fingerprint density at radius 3 is 2.94 bits per heavy atom. The van der Waals surface area contributed by atoms with E-state index >= 15 is 0 Å². The van der Waals surface area contributed by atoms with Gasteiger partial charge in [-0.05, 0) is 43.7 Å². The fourth-order valence-electron chi connectivity index (χ4n) is 3.05. The monoisotopic (exact) mass is 252 g/mol. The van der Waals surface area contributed by atoms with Gasteiger partial charge in [0.2, 0.25) is 0 Å². The van der Waals surface area contributed by atoms with E-state index in [0.29, 0.717) is 0 Å². The zero-order valence-corrected chi connectivity index (χ0v) is 11.8. The van der Waals surface area contributed by atoms with Crippen LogP contribution in [-0.2, 0) is 6.54 Å². The van der Waals surface area contributed by atoms with Crippen LogP contribution >= 0.6 is 11.3 Å². The first-order valence-corrected chi connectivity index (χ1v) is 7.52. The van der Waals surface area contributed by atoms with Gasteiger partial charge >= 0.3 is 0 Å². The van der Waals surface area contributed by atoms with E-state index in [1.165, 1.54) is 30.6 Å². The van der Waals surface area contributed by atoms with Gasteiger partial charge in [-0.3, -0.25) is 4.90 Å². The van der Waals surface area contributed by atoms with Crippen LogP contribution in [0.4, 0.5) is 0 Å². The second-order valence-corrected chi connectivity index (χ2v) is 6.41. The Hall–Kier alpha value is -0.380. The van der Waals surface area contributed by atoms with Gasteiger partial charge in [-0.25, -0.2) is 0 Å². The van der Waals surface area contributed by atoms with Crippen molar-refractivity contribution in [3.8, 4) is 0 Å². The number of nitrogens with zero attached hydrogens (tertiary/aromatic N) is 1. The molecule has 0 amide bonds. The molecule has 2 rings (SSSR count). The molecule has 2 N–H and O–H groups in total. The molecule has 1 fully saturated rings. The molecule has 2 atom stereocenters. The molecular weight excluding hydrogens is 228 g/mol. The van der Waals surface area contributed by atoms with E-state index < -0.39 is 0 Å². The number of thiophene rings is 1. The fourth-order valence-corrected chi connectivity index (χ4v) is 3.81. The van der Waals surface area contributed by atoms with Crippen molar-refractivity contribution < 1.29 is 0 Å². The molecule has 2 nitrogen and oxygen atoms in total. The van der Waals surface area contributed by atoms with E-state index in [2.05, 4.69) is 36.4 Å². The second-order valence-electron chi connectivity index (χ2n) is 5.38. The summed E-state index contributed by atoms with van der Waals surface area (Å²) in [4.78, 5) is 3.94. The van der Waals surface area contributed by atoms with Gasteiger partial charge in [0.1, 0.15) is 0 Å². The van der Waals surface area contributed by atoms with Gasteiger partial charge in [0.25, 0.3) is 0 Å². The Morgan fingerprint density at radius 2 is 2.41 bits per heavy atom. The first-order valence-electron chi connectivity index (χ1n) is 6.64. The lowest BCUT2D eigenvalue weighted by atomic mass is 9.93. The second kappa shape index (κ2) is 5.51. The molecule has 96 valence electrons. The molecule has 2 unspecified atom stereocenters. The molecule has 17 heavy (non-hydrogen) atoms. The van der Waals surface area contributed by atoms with Crippen LogP contribution in [0.5, 0.6) is 0 Å². The summed E-state index contributed by atoms with van der Waals surface area (Å²) >= 11 is 1.84. The van der Waals surface area contributed by atoms with Crippen molar-refractivity contribution in [3.05, 3.63) is 22.4 Å². The number of hydrogen-bond donors (Lipinski definition) is 1. The maximum atomic E-state index is 6.08. The predicted octanol–water partition coefficient (Wildman–Crippen LogP) is 3.09. The SMILES string of the molecule is CCC1CCC(CN)(N(C)Cc2cccs2)C1. The normalized spacial score (nSPS) is 29.1. The molecule has 0 aliphatic heterocycles. The van der Waals surface area contributed by atoms with Crippen LogP contribution in [-0.4, -0.2) is 24.0 Å². The Bertz CT molecular complexity index is 336. The highest BCUT2D eigenvalue weighted by Gasteiger charge is 2.40. The van der Waals surface area contributed by atoms with Gasteiger partial charge in [0.15, 0.2) is 0 Å². The van der Waals surface area contributed by atoms with E-state index in [4.69, 9.17) is 5.73 Å². The first-order chi connectivity index (χ1) is 8.20. The van der Waals surface area contributed by atoms with Crippen molar-refractivity contribution in [1.29, 1.82) is 0 Å². The van der Waals surface area contributed by atoms with Crippen LogP contribution in [0.15, 0.2) is 17.5 Å². The lowest BCUT2D eigenvalue weighted by Gasteiger charge is -2.38. The Labute approximate surface area is 109 Å². The third kappa shape index (κ3) is 2.72. The smallest absolute Gasteiger partial charge is 0.0335 e. The summed E-state index contributed by atoms with van der Waals surface area (Å²) < 4.78 is 0. The molecule has 1 aliphatic rings. The van der Waals surface area contributed by atoms with E-state index in [0.717, 1.165) is 19.0 Å². The maximum absolute atomic E-state index is 6.08. The molecule has 1 aromatic heterocycles. The van der Waals surface area contributed by atoms with Crippen LogP contribution in [0.1, 0.15) is 37.5 Å². The number of rotatable bonds is 5. The van der Waals surface area contributed by atoms with Crippen LogP contribution < -0.4 is 5.73 Å². The minimum Gasteiger partial charge on any atom is -0.329 e. The highest BCUT2D eigenvalue weighted by atomic mass is 32.1. The van der Waals surface area contributed by atoms with Gasteiger partial charge in [-0.15, -0.1) is 11.3 Å². The summed E-state index contributed by atoms with van der Waals surface area (Å²) in [5.41, 5.74) is 6.33. The molecule has 3 heteroatoms. The zero-order chi connectivity index (χ0) is 12.3. The molecular formula is C14H24N2S. The summed E-state index contributed by atoms with van der Waals surface area (Å²) in [6.07, 6.45) is 5.20. The Kier molecular flexibility index (Phi) is 4.23. The third-order valence-corrected chi connectivity index (χ3v) is 5.29. The molecule has 1 saturated carbocycles. The van der Waals surface area contributed by atoms with Crippen LogP contribution in [0.2, 0.25) is 0 Å². The standard InChI is InChI=1S/C14H24N2S/c1-3-12-6-7-14(9-12,11-15)16(2)10-13-5-4-8-17-13/h4-5,8,12H,3,6-7,9-11,15H2,1-2H3. The van der Waals surface area contributed by atoms with Gasteiger partial charge < -0.3 is 5.73 Å². The van der Waals surface area contributed by atoms with E-state index in [1.54, 1.807) is 0 Å². The minimum absolute atomic E-state index is 0.255. The molecule has 0 aromatic carbocycles. The summed E-state index contributed by atoms with van der Waals surface area (Å²) in [5.74, 6) is 0.879. The quantitative estimate of drug-likeness (QED) is 0.872. The lowest BCUT2D eigenvalue weighted by Crippen LogP contribution is -2.49. The fraction of sp³-hybridized carbons (Fsp3) is 0.714. The molecule has 1 heterocycles. The van der Waals surface area contributed by atoms with E-state index in [1.807, 2.05) is 11.3 Å². The van der Waals surface area contributed by atoms with Gasteiger partial charge in [-0.2, -0.15) is 0 Å². The van der Waals surface area contributed by atoms with Crippen LogP contribution in [0.3, 0.4) is 0 Å². The third-order valence-electron chi connectivity index (χ3n) is 4.43. The van der Waals surface area contributed by atoms with E-state index in [9.17, 15) is 0 Å². The Morgan fingerprint density at radius 1 is 1.59 bits per heavy atom. The highest BCUT2D eigenvalue weighted by molar-refractivity contribution is 7.09. The average molecular weight is 252 g/mol. The molecule has 1 aromatic rings. The first kappa shape index (κ1) is 13.1. The van der Waals surface area contributed by atoms with Crippen molar-refractivity contribution in [2.75, 3.05) is 13.6 Å². The van der Waals surface area contributed by atoms with Crippen molar-refractivity contribution in [3.63, 3.8) is 0 Å². The summed E-state index contributed by atoms with van der Waals surface area (Å²) in [6, 6.07) is 4.35. The van der Waals surface area contributed by atoms with Gasteiger partial charge in [-0.1, -0.05) is 19.4 Å². The summed E-state index contributed by atoms with van der Waals surface area (Å²) in [7, 11) is 2.24. The predicted molar refractivity (Wildman–Crippen MR) is 75.2 cm³/mol. The van der Waals surface area contributed by atoms with Crippen molar-refractivity contribution in [2.45, 2.75) is 44.7 Å². The Balaban J connectivity index is 2.03. The minimum atomic E-state index is 0.255.